The molecule has 1 unspecified atom stereocenters. The summed E-state index contributed by atoms with van der Waals surface area (Å²) in [5.74, 6) is -0.0651. The van der Waals surface area contributed by atoms with E-state index in [4.69, 9.17) is 4.74 Å². The first-order valence-electron chi connectivity index (χ1n) is 5.15. The zero-order valence-electron chi connectivity index (χ0n) is 9.78. The Morgan fingerprint density at radius 2 is 2.25 bits per heavy atom. The molecule has 0 saturated heterocycles. The number of hydrogen-bond donors (Lipinski definition) is 2. The number of rotatable bonds is 4. The second-order valence-corrected chi connectivity index (χ2v) is 3.71. The van der Waals surface area contributed by atoms with Crippen molar-refractivity contribution in [1.29, 1.82) is 0 Å². The van der Waals surface area contributed by atoms with E-state index >= 15 is 0 Å². The first kappa shape index (κ1) is 12.5. The van der Waals surface area contributed by atoms with Gasteiger partial charge in [-0.25, -0.2) is 0 Å². The van der Waals surface area contributed by atoms with E-state index in [1.165, 1.54) is 0 Å². The average molecular weight is 223 g/mol. The summed E-state index contributed by atoms with van der Waals surface area (Å²) in [5.41, 5.74) is 1.08. The molecule has 0 aliphatic carbocycles. The normalized spacial score (nSPS) is 12.2. The molecular formula is C12H17NO3. The molecular weight excluding hydrogens is 206 g/mol. The molecule has 0 fully saturated rings. The number of aromatic hydroxyl groups is 1. The number of nitrogens with one attached hydrogen (secondary N) is 1. The molecule has 0 radical (unpaired) electrons. The summed E-state index contributed by atoms with van der Waals surface area (Å²) >= 11 is 0. The summed E-state index contributed by atoms with van der Waals surface area (Å²) in [5, 5.41) is 12.2. The van der Waals surface area contributed by atoms with Gasteiger partial charge in [-0.15, -0.1) is 0 Å². The Morgan fingerprint density at radius 3 is 2.88 bits per heavy atom. The number of amides is 1. The van der Waals surface area contributed by atoms with Crippen molar-refractivity contribution >= 4 is 5.91 Å². The van der Waals surface area contributed by atoms with E-state index in [-0.39, 0.29) is 17.8 Å². The highest BCUT2D eigenvalue weighted by Crippen LogP contribution is 2.19. The van der Waals surface area contributed by atoms with Crippen molar-refractivity contribution < 1.29 is 14.6 Å². The Labute approximate surface area is 95.2 Å². The van der Waals surface area contributed by atoms with Gasteiger partial charge >= 0.3 is 0 Å². The van der Waals surface area contributed by atoms with E-state index in [1.807, 2.05) is 6.92 Å². The molecule has 0 aliphatic rings. The van der Waals surface area contributed by atoms with Crippen LogP contribution in [0, 0.1) is 6.92 Å². The largest absolute Gasteiger partial charge is 0.508 e. The fourth-order valence-electron chi connectivity index (χ4n) is 1.28. The molecule has 1 aromatic rings. The third-order valence-electron chi connectivity index (χ3n) is 2.50. The minimum absolute atomic E-state index is 0.0263. The summed E-state index contributed by atoms with van der Waals surface area (Å²) < 4.78 is 5.03. The maximum absolute atomic E-state index is 11.8. The van der Waals surface area contributed by atoms with Gasteiger partial charge in [-0.1, -0.05) is 6.07 Å². The second kappa shape index (κ2) is 5.51. The lowest BCUT2D eigenvalue weighted by Crippen LogP contribution is -2.31. The number of methoxy groups -OCH3 is 1. The predicted molar refractivity (Wildman–Crippen MR) is 61.6 cm³/mol. The number of ether oxygens (including phenoxy) is 1. The lowest BCUT2D eigenvalue weighted by molar-refractivity contribution is 0.0869. The van der Waals surface area contributed by atoms with Crippen LogP contribution in [0.5, 0.6) is 5.75 Å². The van der Waals surface area contributed by atoms with Crippen molar-refractivity contribution in [1.82, 2.24) is 5.32 Å². The van der Waals surface area contributed by atoms with Gasteiger partial charge in [-0.05, 0) is 26.0 Å². The number of carbonyl (C=O) groups is 1. The summed E-state index contributed by atoms with van der Waals surface area (Å²) in [4.78, 5) is 11.8. The van der Waals surface area contributed by atoms with E-state index in [2.05, 4.69) is 5.32 Å². The average Bonchev–Trinajstić information content (AvgIpc) is 2.29. The molecule has 0 saturated carbocycles. The van der Waals surface area contributed by atoms with Crippen molar-refractivity contribution in [2.24, 2.45) is 0 Å². The van der Waals surface area contributed by atoms with E-state index in [0.29, 0.717) is 17.7 Å². The van der Waals surface area contributed by atoms with Gasteiger partial charge in [0.1, 0.15) is 5.75 Å². The molecule has 0 spiro atoms. The molecule has 16 heavy (non-hydrogen) atoms. The van der Waals surface area contributed by atoms with Crippen LogP contribution in [0.4, 0.5) is 0 Å². The summed E-state index contributed by atoms with van der Waals surface area (Å²) in [6.07, 6.45) is -0.0263. The Balaban J connectivity index is 2.70. The Kier molecular flexibility index (Phi) is 4.31. The zero-order chi connectivity index (χ0) is 12.1. The van der Waals surface area contributed by atoms with Crippen LogP contribution in [-0.2, 0) is 4.74 Å². The molecule has 0 aromatic heterocycles. The van der Waals surface area contributed by atoms with Gasteiger partial charge in [0.2, 0.25) is 0 Å². The van der Waals surface area contributed by atoms with Gasteiger partial charge in [-0.3, -0.25) is 4.79 Å². The van der Waals surface area contributed by atoms with Crippen LogP contribution in [0.25, 0.3) is 0 Å². The third kappa shape index (κ3) is 2.97. The summed E-state index contributed by atoms with van der Waals surface area (Å²) in [6.45, 7) is 4.03. The monoisotopic (exact) mass is 223 g/mol. The molecule has 0 heterocycles. The molecule has 0 bridgehead atoms. The van der Waals surface area contributed by atoms with Crippen LogP contribution >= 0.6 is 0 Å². The molecule has 1 aromatic carbocycles. The lowest BCUT2D eigenvalue weighted by Gasteiger charge is -2.12. The number of carbonyl (C=O) groups excluding carboxylic acids is 1. The van der Waals surface area contributed by atoms with Crippen LogP contribution in [0.2, 0.25) is 0 Å². The van der Waals surface area contributed by atoms with Crippen molar-refractivity contribution in [3.05, 3.63) is 29.3 Å². The molecule has 2 N–H and O–H groups in total. The molecule has 1 amide bonds. The quantitative estimate of drug-likeness (QED) is 0.812. The molecule has 0 aliphatic heterocycles. The Bertz CT molecular complexity index is 377. The third-order valence-corrected chi connectivity index (χ3v) is 2.50. The molecule has 1 rings (SSSR count). The second-order valence-electron chi connectivity index (χ2n) is 3.71. The molecule has 4 nitrogen and oxygen atoms in total. The number of phenolic OH excluding ortho intramolecular Hbond substituents is 1. The van der Waals surface area contributed by atoms with Gasteiger partial charge in [0.25, 0.3) is 5.91 Å². The highest BCUT2D eigenvalue weighted by atomic mass is 16.5. The highest BCUT2D eigenvalue weighted by Gasteiger charge is 2.11. The van der Waals surface area contributed by atoms with Crippen molar-refractivity contribution in [2.75, 3.05) is 13.7 Å². The minimum atomic E-state index is -0.197. The highest BCUT2D eigenvalue weighted by molar-refractivity contribution is 5.96. The summed E-state index contributed by atoms with van der Waals surface area (Å²) in [7, 11) is 1.59. The summed E-state index contributed by atoms with van der Waals surface area (Å²) in [6, 6.07) is 4.89. The lowest BCUT2D eigenvalue weighted by atomic mass is 10.1. The van der Waals surface area contributed by atoms with Gasteiger partial charge in [-0.2, -0.15) is 0 Å². The van der Waals surface area contributed by atoms with Gasteiger partial charge in [0.05, 0.1) is 6.10 Å². The van der Waals surface area contributed by atoms with Gasteiger partial charge in [0.15, 0.2) is 0 Å². The number of phenols is 1. The number of benzene rings is 1. The van der Waals surface area contributed by atoms with Crippen LogP contribution in [0.3, 0.4) is 0 Å². The Morgan fingerprint density at radius 1 is 1.56 bits per heavy atom. The van der Waals surface area contributed by atoms with E-state index in [1.54, 1.807) is 32.2 Å². The molecule has 1 atom stereocenters. The fourth-order valence-corrected chi connectivity index (χ4v) is 1.28. The van der Waals surface area contributed by atoms with E-state index < -0.39 is 0 Å². The van der Waals surface area contributed by atoms with Crippen LogP contribution in [0.15, 0.2) is 18.2 Å². The van der Waals surface area contributed by atoms with E-state index in [9.17, 15) is 9.90 Å². The zero-order valence-corrected chi connectivity index (χ0v) is 9.78. The fraction of sp³-hybridized carbons (Fsp3) is 0.417. The standard InChI is InChI=1S/C12H17NO3/c1-8(16-3)7-13-12(15)10-5-4-6-11(14)9(10)2/h4-6,8,14H,7H2,1-3H3,(H,13,15). The number of hydrogen-bond acceptors (Lipinski definition) is 3. The van der Waals surface area contributed by atoms with Gasteiger partial charge in [0, 0.05) is 24.8 Å². The maximum Gasteiger partial charge on any atom is 0.251 e. The first-order valence-corrected chi connectivity index (χ1v) is 5.15. The SMILES string of the molecule is COC(C)CNC(=O)c1cccc(O)c1C. The Hall–Kier alpha value is -1.55. The van der Waals surface area contributed by atoms with Crippen molar-refractivity contribution in [3.8, 4) is 5.75 Å². The van der Waals surface area contributed by atoms with Crippen LogP contribution in [0.1, 0.15) is 22.8 Å². The van der Waals surface area contributed by atoms with Crippen molar-refractivity contribution in [2.45, 2.75) is 20.0 Å². The minimum Gasteiger partial charge on any atom is -0.508 e. The maximum atomic E-state index is 11.8. The van der Waals surface area contributed by atoms with Crippen LogP contribution in [-0.4, -0.2) is 30.8 Å². The first-order chi connectivity index (χ1) is 7.56. The smallest absolute Gasteiger partial charge is 0.251 e. The van der Waals surface area contributed by atoms with Crippen molar-refractivity contribution in [3.63, 3.8) is 0 Å². The van der Waals surface area contributed by atoms with Crippen LogP contribution < -0.4 is 5.32 Å². The topological polar surface area (TPSA) is 58.6 Å². The molecule has 4 heteroatoms. The van der Waals surface area contributed by atoms with E-state index in [0.717, 1.165) is 0 Å². The van der Waals surface area contributed by atoms with Gasteiger partial charge < -0.3 is 15.2 Å². The molecule has 88 valence electrons. The predicted octanol–water partition coefficient (Wildman–Crippen LogP) is 1.47.